The summed E-state index contributed by atoms with van der Waals surface area (Å²) >= 11 is 11.9. The van der Waals surface area contributed by atoms with E-state index in [1.54, 1.807) is 30.0 Å². The van der Waals surface area contributed by atoms with Gasteiger partial charge in [-0.25, -0.2) is 4.68 Å². The third-order valence-electron chi connectivity index (χ3n) is 4.83. The van der Waals surface area contributed by atoms with E-state index in [9.17, 15) is 9.59 Å². The van der Waals surface area contributed by atoms with E-state index in [4.69, 9.17) is 27.9 Å². The molecule has 1 aliphatic rings. The van der Waals surface area contributed by atoms with Crippen LogP contribution >= 0.6 is 23.2 Å². The Morgan fingerprint density at radius 1 is 1.20 bits per heavy atom. The van der Waals surface area contributed by atoms with E-state index in [1.807, 2.05) is 31.2 Å². The number of methoxy groups -OCH3 is 1. The van der Waals surface area contributed by atoms with E-state index in [0.717, 1.165) is 22.6 Å². The van der Waals surface area contributed by atoms with Gasteiger partial charge in [0, 0.05) is 21.3 Å². The highest BCUT2D eigenvalue weighted by Crippen LogP contribution is 2.38. The molecule has 0 radical (unpaired) electrons. The number of hydrogen-bond donors (Lipinski definition) is 2. The second-order valence-electron chi connectivity index (χ2n) is 6.90. The van der Waals surface area contributed by atoms with E-state index in [2.05, 4.69) is 15.7 Å². The quantitative estimate of drug-likeness (QED) is 0.597. The Morgan fingerprint density at radius 2 is 1.87 bits per heavy atom. The van der Waals surface area contributed by atoms with Gasteiger partial charge in [-0.05, 0) is 42.8 Å². The average molecular weight is 445 g/mol. The molecule has 0 aliphatic carbocycles. The Bertz CT molecular complexity index is 1120. The van der Waals surface area contributed by atoms with Crippen LogP contribution in [0.3, 0.4) is 0 Å². The van der Waals surface area contributed by atoms with Crippen molar-refractivity contribution in [2.24, 2.45) is 0 Å². The van der Waals surface area contributed by atoms with Crippen molar-refractivity contribution in [3.8, 4) is 16.9 Å². The number of carbonyl (C=O) groups excluding carboxylic acids is 2. The number of nitrogens with zero attached hydrogens (tertiary/aromatic N) is 2. The predicted octanol–water partition coefficient (Wildman–Crippen LogP) is 4.70. The predicted molar refractivity (Wildman–Crippen MR) is 116 cm³/mol. The summed E-state index contributed by atoms with van der Waals surface area (Å²) in [7, 11) is 1.60. The van der Waals surface area contributed by atoms with Crippen molar-refractivity contribution >= 4 is 46.5 Å². The minimum atomic E-state index is -0.750. The van der Waals surface area contributed by atoms with Crippen molar-refractivity contribution in [3.63, 3.8) is 0 Å². The lowest BCUT2D eigenvalue weighted by Gasteiger charge is -2.10. The second kappa shape index (κ2) is 8.01. The fourth-order valence-corrected chi connectivity index (χ4v) is 4.03. The van der Waals surface area contributed by atoms with Crippen LogP contribution in [-0.4, -0.2) is 28.7 Å². The maximum atomic E-state index is 12.6. The number of halogens is 2. The van der Waals surface area contributed by atoms with Gasteiger partial charge in [-0.3, -0.25) is 9.59 Å². The summed E-state index contributed by atoms with van der Waals surface area (Å²) in [6, 6.07) is 11.5. The molecule has 9 heteroatoms. The highest BCUT2D eigenvalue weighted by Gasteiger charge is 2.36. The third kappa shape index (κ3) is 3.86. The number of rotatable bonds is 5. The lowest BCUT2D eigenvalue weighted by molar-refractivity contribution is -0.123. The zero-order chi connectivity index (χ0) is 21.4. The number of benzene rings is 2. The highest BCUT2D eigenvalue weighted by atomic mass is 35.5. The zero-order valence-electron chi connectivity index (χ0n) is 16.2. The number of aromatic nitrogens is 2. The van der Waals surface area contributed by atoms with Crippen LogP contribution in [0.15, 0.2) is 42.5 Å². The number of ether oxygens (including phenoxy) is 1. The van der Waals surface area contributed by atoms with Gasteiger partial charge in [0.25, 0.3) is 5.91 Å². The monoisotopic (exact) mass is 444 g/mol. The lowest BCUT2D eigenvalue weighted by atomic mass is 10.1. The van der Waals surface area contributed by atoms with Crippen molar-refractivity contribution in [1.29, 1.82) is 0 Å². The van der Waals surface area contributed by atoms with Crippen molar-refractivity contribution in [2.45, 2.75) is 19.4 Å². The average Bonchev–Trinajstić information content (AvgIpc) is 3.15. The summed E-state index contributed by atoms with van der Waals surface area (Å²) in [5.41, 5.74) is 2.93. The van der Waals surface area contributed by atoms with Crippen LogP contribution in [0.2, 0.25) is 10.0 Å². The maximum Gasteiger partial charge on any atom is 0.251 e. The van der Waals surface area contributed by atoms with Crippen LogP contribution in [0.5, 0.6) is 5.75 Å². The third-order valence-corrected chi connectivity index (χ3v) is 5.27. The van der Waals surface area contributed by atoms with E-state index in [-0.39, 0.29) is 18.2 Å². The standard InChI is InChI=1S/C21H18Cl2N4O3/c1-11-19(12-3-5-16(30-2)6-4-12)20-25-21(29)17(27(20)26-11)10-18(28)24-15-8-13(22)7-14(23)9-15/h3-9,17H,10H2,1-2H3,(H,24,28)(H,25,29). The van der Waals surface area contributed by atoms with Gasteiger partial charge in [-0.2, -0.15) is 5.10 Å². The van der Waals surface area contributed by atoms with Crippen molar-refractivity contribution < 1.29 is 14.3 Å². The molecule has 154 valence electrons. The molecule has 4 rings (SSSR count). The summed E-state index contributed by atoms with van der Waals surface area (Å²) in [5.74, 6) is 0.679. The fraction of sp³-hybridized carbons (Fsp3) is 0.190. The number of aryl methyl sites for hydroxylation is 1. The van der Waals surface area contributed by atoms with Crippen LogP contribution in [0.4, 0.5) is 11.5 Å². The number of nitrogens with one attached hydrogen (secondary N) is 2. The van der Waals surface area contributed by atoms with Crippen LogP contribution in [-0.2, 0) is 9.59 Å². The van der Waals surface area contributed by atoms with Crippen LogP contribution in [0.1, 0.15) is 18.2 Å². The summed E-state index contributed by atoms with van der Waals surface area (Å²) in [6.45, 7) is 1.86. The molecule has 0 saturated carbocycles. The number of anilines is 2. The number of carbonyl (C=O) groups is 2. The molecule has 1 aromatic heterocycles. The van der Waals surface area contributed by atoms with E-state index in [0.29, 0.717) is 21.6 Å². The van der Waals surface area contributed by atoms with Crippen LogP contribution in [0, 0.1) is 6.92 Å². The molecular formula is C21H18Cl2N4O3. The molecule has 7 nitrogen and oxygen atoms in total. The number of amides is 2. The molecule has 0 fully saturated rings. The molecule has 1 aliphatic heterocycles. The topological polar surface area (TPSA) is 85.2 Å². The normalized spacial score (nSPS) is 14.9. The molecule has 1 unspecified atom stereocenters. The molecular weight excluding hydrogens is 427 g/mol. The maximum absolute atomic E-state index is 12.6. The Hall–Kier alpha value is -3.03. The molecule has 0 saturated heterocycles. The first-order chi connectivity index (χ1) is 14.4. The first-order valence-electron chi connectivity index (χ1n) is 9.16. The van der Waals surface area contributed by atoms with Gasteiger partial charge in [0.15, 0.2) is 0 Å². The lowest BCUT2D eigenvalue weighted by Crippen LogP contribution is -2.23. The summed E-state index contributed by atoms with van der Waals surface area (Å²) in [4.78, 5) is 25.1. The minimum Gasteiger partial charge on any atom is -0.497 e. The Kier molecular flexibility index (Phi) is 5.40. The second-order valence-corrected chi connectivity index (χ2v) is 7.77. The zero-order valence-corrected chi connectivity index (χ0v) is 17.7. The molecule has 30 heavy (non-hydrogen) atoms. The van der Waals surface area contributed by atoms with E-state index in [1.165, 1.54) is 0 Å². The van der Waals surface area contributed by atoms with Gasteiger partial charge in [-0.15, -0.1) is 0 Å². The number of fused-ring (bicyclic) bond motifs is 1. The molecule has 2 amide bonds. The van der Waals surface area contributed by atoms with Gasteiger partial charge in [0.05, 0.1) is 19.2 Å². The van der Waals surface area contributed by atoms with E-state index < -0.39 is 6.04 Å². The number of hydrogen-bond acceptors (Lipinski definition) is 4. The van der Waals surface area contributed by atoms with E-state index >= 15 is 0 Å². The molecule has 2 aromatic carbocycles. The Balaban J connectivity index is 1.57. The van der Waals surface area contributed by atoms with Gasteiger partial charge < -0.3 is 15.4 Å². The smallest absolute Gasteiger partial charge is 0.251 e. The first-order valence-corrected chi connectivity index (χ1v) is 9.91. The summed E-state index contributed by atoms with van der Waals surface area (Å²) in [5, 5.41) is 10.9. The molecule has 1 atom stereocenters. The Labute approximate surface area is 182 Å². The first kappa shape index (κ1) is 20.3. The highest BCUT2D eigenvalue weighted by molar-refractivity contribution is 6.35. The van der Waals surface area contributed by atoms with Crippen molar-refractivity contribution in [2.75, 3.05) is 17.7 Å². The van der Waals surface area contributed by atoms with Crippen LogP contribution in [0.25, 0.3) is 11.1 Å². The van der Waals surface area contributed by atoms with Gasteiger partial charge in [0.2, 0.25) is 5.91 Å². The molecule has 2 heterocycles. The van der Waals surface area contributed by atoms with Crippen molar-refractivity contribution in [1.82, 2.24) is 9.78 Å². The minimum absolute atomic E-state index is 0.0772. The van der Waals surface area contributed by atoms with Crippen molar-refractivity contribution in [3.05, 3.63) is 58.2 Å². The molecule has 2 N–H and O–H groups in total. The largest absolute Gasteiger partial charge is 0.497 e. The van der Waals surface area contributed by atoms with Gasteiger partial charge in [-0.1, -0.05) is 35.3 Å². The fourth-order valence-electron chi connectivity index (χ4n) is 3.50. The summed E-state index contributed by atoms with van der Waals surface area (Å²) in [6.07, 6.45) is -0.0772. The van der Waals surface area contributed by atoms with Gasteiger partial charge >= 0.3 is 0 Å². The SMILES string of the molecule is COc1ccc(-c2c(C)nn3c2NC(=O)C3CC(=O)Nc2cc(Cl)cc(Cl)c2)cc1. The molecule has 0 bridgehead atoms. The van der Waals surface area contributed by atoms with Crippen LogP contribution < -0.4 is 15.4 Å². The summed E-state index contributed by atoms with van der Waals surface area (Å²) < 4.78 is 6.77. The van der Waals surface area contributed by atoms with Gasteiger partial charge in [0.1, 0.15) is 17.6 Å². The molecule has 3 aromatic rings. The Morgan fingerprint density at radius 3 is 2.50 bits per heavy atom. The molecule has 0 spiro atoms.